The SMILES string of the molecule is CCC1CCCCN1CC(=O)NCCC(C)(C)C. The molecule has 0 bridgehead atoms. The van der Waals surface area contributed by atoms with Crippen LogP contribution < -0.4 is 5.32 Å². The van der Waals surface area contributed by atoms with E-state index in [1.165, 1.54) is 19.3 Å². The van der Waals surface area contributed by atoms with E-state index in [0.29, 0.717) is 18.0 Å². The number of nitrogens with one attached hydrogen (secondary N) is 1. The van der Waals surface area contributed by atoms with Crippen molar-refractivity contribution in [3.63, 3.8) is 0 Å². The molecule has 0 aliphatic carbocycles. The van der Waals surface area contributed by atoms with E-state index in [-0.39, 0.29) is 5.91 Å². The second-order valence-electron chi connectivity index (χ2n) is 6.69. The van der Waals surface area contributed by atoms with Crippen LogP contribution in [0.25, 0.3) is 0 Å². The van der Waals surface area contributed by atoms with Gasteiger partial charge in [0.25, 0.3) is 0 Å². The third-order valence-corrected chi connectivity index (χ3v) is 3.76. The fraction of sp³-hybridized carbons (Fsp3) is 0.933. The molecule has 0 spiro atoms. The van der Waals surface area contributed by atoms with Crippen molar-refractivity contribution in [2.75, 3.05) is 19.6 Å². The summed E-state index contributed by atoms with van der Waals surface area (Å²) in [5.41, 5.74) is 0.296. The van der Waals surface area contributed by atoms with Crippen LogP contribution in [0, 0.1) is 5.41 Å². The third-order valence-electron chi connectivity index (χ3n) is 3.76. The topological polar surface area (TPSA) is 32.3 Å². The average molecular weight is 254 g/mol. The van der Waals surface area contributed by atoms with E-state index in [1.54, 1.807) is 0 Å². The fourth-order valence-electron chi connectivity index (χ4n) is 2.55. The molecule has 0 aromatic rings. The van der Waals surface area contributed by atoms with Gasteiger partial charge in [-0.3, -0.25) is 9.69 Å². The zero-order valence-electron chi connectivity index (χ0n) is 12.6. The molecule has 3 nitrogen and oxygen atoms in total. The molecule has 0 saturated carbocycles. The molecule has 106 valence electrons. The van der Waals surface area contributed by atoms with Crippen molar-refractivity contribution in [3.05, 3.63) is 0 Å². The number of carbonyl (C=O) groups excluding carboxylic acids is 1. The number of carbonyl (C=O) groups is 1. The van der Waals surface area contributed by atoms with Gasteiger partial charge in [-0.15, -0.1) is 0 Å². The summed E-state index contributed by atoms with van der Waals surface area (Å²) in [6, 6.07) is 0.618. The highest BCUT2D eigenvalue weighted by molar-refractivity contribution is 5.78. The summed E-state index contributed by atoms with van der Waals surface area (Å²) < 4.78 is 0. The highest BCUT2D eigenvalue weighted by atomic mass is 16.2. The van der Waals surface area contributed by atoms with Crippen LogP contribution in [0.1, 0.15) is 59.8 Å². The van der Waals surface area contributed by atoms with Crippen molar-refractivity contribution in [1.82, 2.24) is 10.2 Å². The molecule has 1 atom stereocenters. The molecule has 1 aliphatic heterocycles. The molecule has 0 aromatic heterocycles. The summed E-state index contributed by atoms with van der Waals surface area (Å²) in [5, 5.41) is 3.05. The minimum absolute atomic E-state index is 0.194. The summed E-state index contributed by atoms with van der Waals surface area (Å²) in [4.78, 5) is 14.3. The van der Waals surface area contributed by atoms with Gasteiger partial charge in [-0.05, 0) is 37.6 Å². The molecule has 0 aromatic carbocycles. The molecule has 1 unspecified atom stereocenters. The molecule has 1 fully saturated rings. The Morgan fingerprint density at radius 1 is 1.33 bits per heavy atom. The van der Waals surface area contributed by atoms with Gasteiger partial charge < -0.3 is 5.32 Å². The summed E-state index contributed by atoms with van der Waals surface area (Å²) in [7, 11) is 0. The van der Waals surface area contributed by atoms with Crippen LogP contribution in [0.4, 0.5) is 0 Å². The predicted octanol–water partition coefficient (Wildman–Crippen LogP) is 2.80. The standard InChI is InChI=1S/C15H30N2O/c1-5-13-8-6-7-11-17(13)12-14(18)16-10-9-15(2,3)4/h13H,5-12H2,1-4H3,(H,16,18). The summed E-state index contributed by atoms with van der Waals surface area (Å²) in [6.07, 6.45) is 6.02. The van der Waals surface area contributed by atoms with Gasteiger partial charge in [0.2, 0.25) is 5.91 Å². The molecular weight excluding hydrogens is 224 g/mol. The van der Waals surface area contributed by atoms with Crippen molar-refractivity contribution in [1.29, 1.82) is 0 Å². The highest BCUT2D eigenvalue weighted by Crippen LogP contribution is 2.19. The summed E-state index contributed by atoms with van der Waals surface area (Å²) >= 11 is 0. The second-order valence-corrected chi connectivity index (χ2v) is 6.69. The number of nitrogens with zero attached hydrogens (tertiary/aromatic N) is 1. The molecule has 1 N–H and O–H groups in total. The van der Waals surface area contributed by atoms with E-state index in [0.717, 1.165) is 25.9 Å². The normalized spacial score (nSPS) is 21.9. The Morgan fingerprint density at radius 3 is 2.67 bits per heavy atom. The minimum Gasteiger partial charge on any atom is -0.355 e. The number of rotatable bonds is 5. The average Bonchev–Trinajstić information content (AvgIpc) is 2.28. The number of hydrogen-bond acceptors (Lipinski definition) is 2. The van der Waals surface area contributed by atoms with E-state index in [9.17, 15) is 4.79 Å². The monoisotopic (exact) mass is 254 g/mol. The predicted molar refractivity (Wildman–Crippen MR) is 76.6 cm³/mol. The first kappa shape index (κ1) is 15.5. The van der Waals surface area contributed by atoms with Crippen molar-refractivity contribution in [2.24, 2.45) is 5.41 Å². The lowest BCUT2D eigenvalue weighted by atomic mass is 9.92. The van der Waals surface area contributed by atoms with E-state index >= 15 is 0 Å². The maximum atomic E-state index is 11.9. The van der Waals surface area contributed by atoms with Gasteiger partial charge >= 0.3 is 0 Å². The Morgan fingerprint density at radius 2 is 2.06 bits per heavy atom. The first-order valence-corrected chi connectivity index (χ1v) is 7.43. The number of hydrogen-bond donors (Lipinski definition) is 1. The van der Waals surface area contributed by atoms with Crippen LogP contribution in [0.3, 0.4) is 0 Å². The lowest BCUT2D eigenvalue weighted by Gasteiger charge is -2.34. The number of piperidine rings is 1. The van der Waals surface area contributed by atoms with Crippen molar-refractivity contribution in [3.8, 4) is 0 Å². The van der Waals surface area contributed by atoms with Crippen LogP contribution in [0.2, 0.25) is 0 Å². The van der Waals surface area contributed by atoms with E-state index in [4.69, 9.17) is 0 Å². The minimum atomic E-state index is 0.194. The maximum Gasteiger partial charge on any atom is 0.234 e. The zero-order valence-corrected chi connectivity index (χ0v) is 12.6. The molecule has 1 aliphatic rings. The molecule has 1 rings (SSSR count). The van der Waals surface area contributed by atoms with Crippen LogP contribution >= 0.6 is 0 Å². The van der Waals surface area contributed by atoms with Crippen molar-refractivity contribution < 1.29 is 4.79 Å². The van der Waals surface area contributed by atoms with Crippen molar-refractivity contribution in [2.45, 2.75) is 65.8 Å². The molecule has 18 heavy (non-hydrogen) atoms. The molecule has 0 radical (unpaired) electrons. The van der Waals surface area contributed by atoms with Gasteiger partial charge in [-0.25, -0.2) is 0 Å². The first-order chi connectivity index (χ1) is 8.42. The van der Waals surface area contributed by atoms with Gasteiger partial charge in [0.1, 0.15) is 0 Å². The Hall–Kier alpha value is -0.570. The lowest BCUT2D eigenvalue weighted by Crippen LogP contribution is -2.45. The van der Waals surface area contributed by atoms with Crippen LogP contribution in [0.5, 0.6) is 0 Å². The maximum absolute atomic E-state index is 11.9. The van der Waals surface area contributed by atoms with Crippen LogP contribution in [-0.2, 0) is 4.79 Å². The van der Waals surface area contributed by atoms with Crippen molar-refractivity contribution >= 4 is 5.91 Å². The van der Waals surface area contributed by atoms with E-state index in [1.807, 2.05) is 0 Å². The Kier molecular flexibility index (Phi) is 6.13. The highest BCUT2D eigenvalue weighted by Gasteiger charge is 2.22. The van der Waals surface area contributed by atoms with E-state index < -0.39 is 0 Å². The number of likely N-dealkylation sites (tertiary alicyclic amines) is 1. The zero-order chi connectivity index (χ0) is 13.6. The molecule has 1 amide bonds. The van der Waals surface area contributed by atoms with Crippen LogP contribution in [0.15, 0.2) is 0 Å². The van der Waals surface area contributed by atoms with Gasteiger partial charge in [-0.2, -0.15) is 0 Å². The fourth-order valence-corrected chi connectivity index (χ4v) is 2.55. The molecule has 3 heteroatoms. The summed E-state index contributed by atoms with van der Waals surface area (Å²) in [5.74, 6) is 0.194. The van der Waals surface area contributed by atoms with Gasteiger partial charge in [-0.1, -0.05) is 34.1 Å². The molecular formula is C15H30N2O. The van der Waals surface area contributed by atoms with Gasteiger partial charge in [0, 0.05) is 12.6 Å². The van der Waals surface area contributed by atoms with E-state index in [2.05, 4.69) is 37.9 Å². The lowest BCUT2D eigenvalue weighted by molar-refractivity contribution is -0.123. The smallest absolute Gasteiger partial charge is 0.234 e. The van der Waals surface area contributed by atoms with Gasteiger partial charge in [0.05, 0.1) is 6.54 Å². The number of amides is 1. The second kappa shape index (κ2) is 7.13. The summed E-state index contributed by atoms with van der Waals surface area (Å²) in [6.45, 7) is 11.3. The quantitative estimate of drug-likeness (QED) is 0.818. The first-order valence-electron chi connectivity index (χ1n) is 7.43. The third kappa shape index (κ3) is 5.85. The molecule has 1 heterocycles. The van der Waals surface area contributed by atoms with Crippen LogP contribution in [-0.4, -0.2) is 36.5 Å². The van der Waals surface area contributed by atoms with Gasteiger partial charge in [0.15, 0.2) is 0 Å². The Bertz CT molecular complexity index is 258. The Labute approximate surface area is 112 Å². The Balaban J connectivity index is 2.26. The molecule has 1 saturated heterocycles. The largest absolute Gasteiger partial charge is 0.355 e.